The standard InChI is InChI=1S/C23H30BNO4/c1-22(2)23(3,4)29-24(28-22)20-11-7-8-17-18(20)9-6-10-19(17)21(26)25-14-12-16(27-5)13-15-25/h6-11,16H,12-15H2,1-5H3. The minimum absolute atomic E-state index is 0.0798. The fourth-order valence-electron chi connectivity index (χ4n) is 4.16. The third-order valence-electron chi connectivity index (χ3n) is 6.76. The molecule has 2 aliphatic rings. The maximum atomic E-state index is 13.3. The zero-order valence-corrected chi connectivity index (χ0v) is 18.0. The van der Waals surface area contributed by atoms with Gasteiger partial charge < -0.3 is 18.9 Å². The summed E-state index contributed by atoms with van der Waals surface area (Å²) in [5.74, 6) is 0.0798. The average Bonchev–Trinajstić information content (AvgIpc) is 2.93. The molecule has 1 amide bonds. The smallest absolute Gasteiger partial charge is 0.399 e. The van der Waals surface area contributed by atoms with Gasteiger partial charge in [-0.3, -0.25) is 4.79 Å². The number of benzene rings is 2. The molecule has 2 aromatic carbocycles. The van der Waals surface area contributed by atoms with Gasteiger partial charge in [0, 0.05) is 25.8 Å². The minimum atomic E-state index is -0.452. The summed E-state index contributed by atoms with van der Waals surface area (Å²) in [6.07, 6.45) is 2.01. The van der Waals surface area contributed by atoms with Gasteiger partial charge in [0.1, 0.15) is 0 Å². The molecule has 29 heavy (non-hydrogen) atoms. The van der Waals surface area contributed by atoms with Crippen molar-refractivity contribution in [1.29, 1.82) is 0 Å². The number of fused-ring (bicyclic) bond motifs is 1. The van der Waals surface area contributed by atoms with Crippen molar-refractivity contribution in [3.8, 4) is 0 Å². The van der Waals surface area contributed by atoms with Crippen LogP contribution in [0.1, 0.15) is 50.9 Å². The van der Waals surface area contributed by atoms with Crippen LogP contribution >= 0.6 is 0 Å². The van der Waals surface area contributed by atoms with Crippen molar-refractivity contribution in [2.24, 2.45) is 0 Å². The molecule has 0 bridgehead atoms. The van der Waals surface area contributed by atoms with E-state index in [2.05, 4.69) is 27.7 Å². The molecule has 0 spiro atoms. The SMILES string of the molecule is COC1CCN(C(=O)c2cccc3c(B4OC(C)(C)C(C)(C)O4)cccc23)CC1. The van der Waals surface area contributed by atoms with Crippen LogP contribution in [0.2, 0.25) is 0 Å². The molecule has 154 valence electrons. The normalized spacial score (nSPS) is 21.7. The number of amides is 1. The molecule has 2 fully saturated rings. The Bertz CT molecular complexity index is 902. The molecule has 0 atom stereocenters. The van der Waals surface area contributed by atoms with E-state index in [4.69, 9.17) is 14.0 Å². The zero-order chi connectivity index (χ0) is 20.8. The Kier molecular flexibility index (Phi) is 5.22. The van der Waals surface area contributed by atoms with Crippen LogP contribution < -0.4 is 5.46 Å². The summed E-state index contributed by atoms with van der Waals surface area (Å²) in [4.78, 5) is 15.2. The quantitative estimate of drug-likeness (QED) is 0.748. The molecular formula is C23H30BNO4. The van der Waals surface area contributed by atoms with E-state index in [9.17, 15) is 4.79 Å². The second-order valence-electron chi connectivity index (χ2n) is 9.06. The fourth-order valence-corrected chi connectivity index (χ4v) is 4.16. The molecule has 6 heteroatoms. The number of likely N-dealkylation sites (tertiary alicyclic amines) is 1. The summed E-state index contributed by atoms with van der Waals surface area (Å²) < 4.78 is 18.0. The highest BCUT2D eigenvalue weighted by atomic mass is 16.7. The largest absolute Gasteiger partial charge is 0.495 e. The van der Waals surface area contributed by atoms with Crippen molar-refractivity contribution in [3.05, 3.63) is 42.0 Å². The van der Waals surface area contributed by atoms with Crippen LogP contribution in [0.5, 0.6) is 0 Å². The fraction of sp³-hybridized carbons (Fsp3) is 0.522. The third kappa shape index (κ3) is 3.58. The number of carbonyl (C=O) groups excluding carboxylic acids is 1. The van der Waals surface area contributed by atoms with Gasteiger partial charge in [-0.2, -0.15) is 0 Å². The molecule has 0 N–H and O–H groups in total. The first-order valence-corrected chi connectivity index (χ1v) is 10.4. The van der Waals surface area contributed by atoms with Crippen LogP contribution in [0.25, 0.3) is 10.8 Å². The molecule has 2 aromatic rings. The number of hydrogen-bond acceptors (Lipinski definition) is 4. The average molecular weight is 395 g/mol. The Balaban J connectivity index is 1.67. The highest BCUT2D eigenvalue weighted by molar-refractivity contribution is 6.65. The predicted octanol–water partition coefficient (Wildman–Crippen LogP) is 3.39. The van der Waals surface area contributed by atoms with Crippen molar-refractivity contribution in [2.45, 2.75) is 57.8 Å². The highest BCUT2D eigenvalue weighted by Gasteiger charge is 2.52. The van der Waals surface area contributed by atoms with Gasteiger partial charge in [-0.15, -0.1) is 0 Å². The second-order valence-corrected chi connectivity index (χ2v) is 9.06. The van der Waals surface area contributed by atoms with Crippen LogP contribution in [0.15, 0.2) is 36.4 Å². The molecular weight excluding hydrogens is 365 g/mol. The van der Waals surface area contributed by atoms with Crippen LogP contribution in [0.4, 0.5) is 0 Å². The summed E-state index contributed by atoms with van der Waals surface area (Å²) >= 11 is 0. The van der Waals surface area contributed by atoms with Gasteiger partial charge in [0.25, 0.3) is 5.91 Å². The van der Waals surface area contributed by atoms with E-state index >= 15 is 0 Å². The molecule has 0 aliphatic carbocycles. The maximum Gasteiger partial charge on any atom is 0.495 e. The molecule has 0 radical (unpaired) electrons. The molecule has 4 rings (SSSR count). The summed E-state index contributed by atoms with van der Waals surface area (Å²) in [5.41, 5.74) is 0.892. The predicted molar refractivity (Wildman–Crippen MR) is 116 cm³/mol. The van der Waals surface area contributed by atoms with Crippen LogP contribution in [-0.2, 0) is 14.0 Å². The molecule has 2 heterocycles. The number of nitrogens with zero attached hydrogens (tertiary/aromatic N) is 1. The monoisotopic (exact) mass is 395 g/mol. The van der Waals surface area contributed by atoms with Gasteiger partial charge in [-0.05, 0) is 62.8 Å². The lowest BCUT2D eigenvalue weighted by molar-refractivity contribution is 0.00578. The van der Waals surface area contributed by atoms with E-state index in [1.807, 2.05) is 41.3 Å². The minimum Gasteiger partial charge on any atom is -0.399 e. The number of rotatable bonds is 3. The molecule has 0 aromatic heterocycles. The van der Waals surface area contributed by atoms with E-state index in [1.54, 1.807) is 7.11 Å². The van der Waals surface area contributed by atoms with Crippen LogP contribution in [0, 0.1) is 0 Å². The van der Waals surface area contributed by atoms with E-state index in [1.165, 1.54) is 0 Å². The van der Waals surface area contributed by atoms with Gasteiger partial charge >= 0.3 is 7.12 Å². The van der Waals surface area contributed by atoms with Crippen molar-refractivity contribution in [2.75, 3.05) is 20.2 Å². The van der Waals surface area contributed by atoms with Crippen molar-refractivity contribution in [3.63, 3.8) is 0 Å². The summed E-state index contributed by atoms with van der Waals surface area (Å²) in [6, 6.07) is 11.9. The summed E-state index contributed by atoms with van der Waals surface area (Å²) in [5, 5.41) is 1.95. The van der Waals surface area contributed by atoms with Crippen LogP contribution in [-0.4, -0.2) is 55.4 Å². The maximum absolute atomic E-state index is 13.3. The lowest BCUT2D eigenvalue weighted by atomic mass is 9.75. The molecule has 0 unspecified atom stereocenters. The Labute approximate surface area is 173 Å². The van der Waals surface area contributed by atoms with E-state index in [-0.39, 0.29) is 12.0 Å². The second kappa shape index (κ2) is 7.42. The van der Waals surface area contributed by atoms with Gasteiger partial charge in [-0.25, -0.2) is 0 Å². The van der Waals surface area contributed by atoms with E-state index < -0.39 is 18.3 Å². The Hall–Kier alpha value is -1.89. The Morgan fingerprint density at radius 3 is 2.21 bits per heavy atom. The van der Waals surface area contributed by atoms with Crippen molar-refractivity contribution in [1.82, 2.24) is 4.90 Å². The van der Waals surface area contributed by atoms with Gasteiger partial charge in [0.2, 0.25) is 0 Å². The van der Waals surface area contributed by atoms with E-state index in [0.717, 1.165) is 47.7 Å². The lowest BCUT2D eigenvalue weighted by Crippen LogP contribution is -2.41. The molecule has 5 nitrogen and oxygen atoms in total. The number of carbonyl (C=O) groups is 1. The van der Waals surface area contributed by atoms with E-state index in [0.29, 0.717) is 0 Å². The van der Waals surface area contributed by atoms with Crippen molar-refractivity contribution >= 4 is 29.3 Å². The first kappa shape index (κ1) is 20.4. The number of hydrogen-bond donors (Lipinski definition) is 0. The Morgan fingerprint density at radius 2 is 1.59 bits per heavy atom. The van der Waals surface area contributed by atoms with Crippen LogP contribution in [0.3, 0.4) is 0 Å². The topological polar surface area (TPSA) is 48.0 Å². The Morgan fingerprint density at radius 1 is 1.00 bits per heavy atom. The summed E-state index contributed by atoms with van der Waals surface area (Å²) in [6.45, 7) is 9.66. The highest BCUT2D eigenvalue weighted by Crippen LogP contribution is 2.37. The molecule has 2 saturated heterocycles. The number of piperidine rings is 1. The molecule has 0 saturated carbocycles. The number of ether oxygens (including phenoxy) is 1. The molecule has 2 aliphatic heterocycles. The number of methoxy groups -OCH3 is 1. The van der Waals surface area contributed by atoms with Gasteiger partial charge in [0.05, 0.1) is 17.3 Å². The lowest BCUT2D eigenvalue weighted by Gasteiger charge is -2.32. The first-order valence-electron chi connectivity index (χ1n) is 10.4. The first-order chi connectivity index (χ1) is 13.7. The summed E-state index contributed by atoms with van der Waals surface area (Å²) in [7, 11) is 1.29. The zero-order valence-electron chi connectivity index (χ0n) is 18.0. The van der Waals surface area contributed by atoms with Gasteiger partial charge in [-0.1, -0.05) is 30.3 Å². The van der Waals surface area contributed by atoms with Gasteiger partial charge in [0.15, 0.2) is 0 Å². The van der Waals surface area contributed by atoms with Crippen molar-refractivity contribution < 1.29 is 18.8 Å². The third-order valence-corrected chi connectivity index (χ3v) is 6.76.